The van der Waals surface area contributed by atoms with Crippen LogP contribution < -0.4 is 0 Å². The third-order valence-electron chi connectivity index (χ3n) is 1.57. The van der Waals surface area contributed by atoms with Crippen LogP contribution >= 0.6 is 0 Å². The predicted octanol–water partition coefficient (Wildman–Crippen LogP) is 4.17. The summed E-state index contributed by atoms with van der Waals surface area (Å²) in [5.74, 6) is 0. The van der Waals surface area contributed by atoms with E-state index in [1.165, 1.54) is 0 Å². The van der Waals surface area contributed by atoms with Gasteiger partial charge >= 0.3 is 12.4 Å². The summed E-state index contributed by atoms with van der Waals surface area (Å²) in [6, 6.07) is 0. The summed E-state index contributed by atoms with van der Waals surface area (Å²) < 4.78 is 71.7. The molecule has 86 valence electrons. The van der Waals surface area contributed by atoms with Crippen molar-refractivity contribution in [2.75, 3.05) is 0 Å². The summed E-state index contributed by atoms with van der Waals surface area (Å²) in [6.07, 6.45) is -9.14. The monoisotopic (exact) mass is 230 g/mol. The lowest BCUT2D eigenvalue weighted by molar-refractivity contribution is -0.0913. The minimum absolute atomic E-state index is 0.315. The molecule has 0 unspecified atom stereocenters. The standard InChI is InChI=1S/C9H8F6/c1-5(7(3)9(13,14)15)4-6(2)8(10,11)12/h4H,2-3H2,1H3/b5-4-. The van der Waals surface area contributed by atoms with Crippen LogP contribution in [0.15, 0.2) is 36.0 Å². The molecule has 0 aromatic carbocycles. The maximum atomic E-state index is 12.0. The van der Waals surface area contributed by atoms with Crippen molar-refractivity contribution in [3.8, 4) is 0 Å². The molecule has 0 bridgehead atoms. The van der Waals surface area contributed by atoms with E-state index in [2.05, 4.69) is 13.2 Å². The first kappa shape index (κ1) is 13.8. The van der Waals surface area contributed by atoms with Crippen LogP contribution in [0.4, 0.5) is 26.3 Å². The summed E-state index contributed by atoms with van der Waals surface area (Å²) in [5, 5.41) is 0. The molecular formula is C9H8F6. The lowest BCUT2D eigenvalue weighted by Gasteiger charge is -2.12. The van der Waals surface area contributed by atoms with Crippen molar-refractivity contribution >= 4 is 0 Å². The topological polar surface area (TPSA) is 0 Å². The Kier molecular flexibility index (Phi) is 3.79. The number of halogens is 6. The molecule has 0 nitrogen and oxygen atoms in total. The van der Waals surface area contributed by atoms with Crippen LogP contribution in [-0.4, -0.2) is 12.4 Å². The van der Waals surface area contributed by atoms with Gasteiger partial charge in [0.25, 0.3) is 0 Å². The number of hydrogen-bond donors (Lipinski definition) is 0. The van der Waals surface area contributed by atoms with E-state index in [-0.39, 0.29) is 0 Å². The van der Waals surface area contributed by atoms with E-state index in [0.717, 1.165) is 6.92 Å². The average molecular weight is 230 g/mol. The van der Waals surface area contributed by atoms with Gasteiger partial charge in [-0.1, -0.05) is 13.2 Å². The van der Waals surface area contributed by atoms with Crippen molar-refractivity contribution in [3.63, 3.8) is 0 Å². The van der Waals surface area contributed by atoms with E-state index in [1.807, 2.05) is 0 Å². The quantitative estimate of drug-likeness (QED) is 0.493. The maximum Gasteiger partial charge on any atom is 0.416 e. The molecule has 6 heteroatoms. The lowest BCUT2D eigenvalue weighted by Crippen LogP contribution is -2.13. The number of allylic oxidation sites excluding steroid dienone is 4. The first-order valence-electron chi connectivity index (χ1n) is 3.67. The van der Waals surface area contributed by atoms with Crippen LogP contribution in [0.2, 0.25) is 0 Å². The van der Waals surface area contributed by atoms with Crippen LogP contribution in [0.3, 0.4) is 0 Å². The van der Waals surface area contributed by atoms with Crippen molar-refractivity contribution in [1.29, 1.82) is 0 Å². The predicted molar refractivity (Wildman–Crippen MR) is 44.1 cm³/mol. The lowest BCUT2D eigenvalue weighted by atomic mass is 10.1. The van der Waals surface area contributed by atoms with Crippen LogP contribution in [-0.2, 0) is 0 Å². The Bertz CT molecular complexity index is 302. The van der Waals surface area contributed by atoms with Crippen LogP contribution in [0.5, 0.6) is 0 Å². The zero-order valence-electron chi connectivity index (χ0n) is 7.76. The second kappa shape index (κ2) is 4.12. The highest BCUT2D eigenvalue weighted by Crippen LogP contribution is 2.32. The van der Waals surface area contributed by atoms with E-state index in [4.69, 9.17) is 0 Å². The van der Waals surface area contributed by atoms with Gasteiger partial charge in [0.05, 0.1) is 5.57 Å². The fourth-order valence-electron chi connectivity index (χ4n) is 0.654. The molecule has 0 heterocycles. The highest BCUT2D eigenvalue weighted by atomic mass is 19.4. The Morgan fingerprint density at radius 1 is 0.933 bits per heavy atom. The zero-order chi connectivity index (χ0) is 12.4. The fourth-order valence-corrected chi connectivity index (χ4v) is 0.654. The van der Waals surface area contributed by atoms with Gasteiger partial charge in [0.1, 0.15) is 0 Å². The van der Waals surface area contributed by atoms with Crippen molar-refractivity contribution < 1.29 is 26.3 Å². The van der Waals surface area contributed by atoms with E-state index in [9.17, 15) is 26.3 Å². The Morgan fingerprint density at radius 2 is 1.33 bits per heavy atom. The van der Waals surface area contributed by atoms with Crippen LogP contribution in [0.1, 0.15) is 6.92 Å². The highest BCUT2D eigenvalue weighted by molar-refractivity contribution is 5.37. The second-order valence-electron chi connectivity index (χ2n) is 2.83. The van der Waals surface area contributed by atoms with E-state index in [0.29, 0.717) is 6.08 Å². The maximum absolute atomic E-state index is 12.0. The van der Waals surface area contributed by atoms with Gasteiger partial charge in [-0.05, 0) is 18.6 Å². The largest absolute Gasteiger partial charge is 0.416 e. The molecule has 0 saturated heterocycles. The minimum atomic E-state index is -4.73. The highest BCUT2D eigenvalue weighted by Gasteiger charge is 2.35. The van der Waals surface area contributed by atoms with Gasteiger partial charge in [0.2, 0.25) is 0 Å². The molecule has 0 fully saturated rings. The molecule has 0 N–H and O–H groups in total. The van der Waals surface area contributed by atoms with Gasteiger partial charge in [0, 0.05) is 5.57 Å². The molecule has 0 aliphatic heterocycles. The van der Waals surface area contributed by atoms with Crippen molar-refractivity contribution in [3.05, 3.63) is 36.0 Å². The van der Waals surface area contributed by atoms with Crippen LogP contribution in [0, 0.1) is 0 Å². The summed E-state index contributed by atoms with van der Waals surface area (Å²) in [4.78, 5) is 0. The van der Waals surface area contributed by atoms with Gasteiger partial charge in [-0.25, -0.2) is 0 Å². The van der Waals surface area contributed by atoms with Crippen molar-refractivity contribution in [2.45, 2.75) is 19.3 Å². The molecule has 0 rings (SSSR count). The zero-order valence-corrected chi connectivity index (χ0v) is 7.76. The molecule has 0 atom stereocenters. The molecule has 0 saturated carbocycles. The van der Waals surface area contributed by atoms with Crippen molar-refractivity contribution in [1.82, 2.24) is 0 Å². The van der Waals surface area contributed by atoms with Gasteiger partial charge < -0.3 is 0 Å². The van der Waals surface area contributed by atoms with E-state index in [1.54, 1.807) is 0 Å². The molecule has 0 spiro atoms. The SMILES string of the molecule is C=C(/C=C(/C)C(=C)C(F)(F)F)C(F)(F)F. The van der Waals surface area contributed by atoms with Gasteiger partial charge in [-0.3, -0.25) is 0 Å². The van der Waals surface area contributed by atoms with E-state index >= 15 is 0 Å². The first-order chi connectivity index (χ1) is 6.46. The Balaban J connectivity index is 4.89. The first-order valence-corrected chi connectivity index (χ1v) is 3.67. The third-order valence-corrected chi connectivity index (χ3v) is 1.57. The Labute approximate surface area is 82.6 Å². The van der Waals surface area contributed by atoms with Gasteiger partial charge in [-0.2, -0.15) is 26.3 Å². The third kappa shape index (κ3) is 4.22. The Morgan fingerprint density at radius 3 is 1.60 bits per heavy atom. The molecular weight excluding hydrogens is 222 g/mol. The normalized spacial score (nSPS) is 13.9. The van der Waals surface area contributed by atoms with Gasteiger partial charge in [-0.15, -0.1) is 0 Å². The second-order valence-corrected chi connectivity index (χ2v) is 2.83. The summed E-state index contributed by atoms with van der Waals surface area (Å²) in [6.45, 7) is 6.18. The molecule has 0 aromatic heterocycles. The smallest absolute Gasteiger partial charge is 0.166 e. The van der Waals surface area contributed by atoms with Crippen LogP contribution in [0.25, 0.3) is 0 Å². The number of hydrogen-bond acceptors (Lipinski definition) is 0. The minimum Gasteiger partial charge on any atom is -0.166 e. The number of alkyl halides is 6. The van der Waals surface area contributed by atoms with E-state index < -0.39 is 29.1 Å². The summed E-state index contributed by atoms with van der Waals surface area (Å²) in [7, 11) is 0. The molecule has 0 amide bonds. The summed E-state index contributed by atoms with van der Waals surface area (Å²) in [5.41, 5.74) is -3.26. The molecule has 15 heavy (non-hydrogen) atoms. The van der Waals surface area contributed by atoms with Crippen molar-refractivity contribution in [2.24, 2.45) is 0 Å². The molecule has 0 aliphatic rings. The molecule has 0 aromatic rings. The van der Waals surface area contributed by atoms with Gasteiger partial charge in [0.15, 0.2) is 0 Å². The fraction of sp³-hybridized carbons (Fsp3) is 0.333. The molecule has 0 aliphatic carbocycles. The summed E-state index contributed by atoms with van der Waals surface area (Å²) >= 11 is 0. The molecule has 0 radical (unpaired) electrons. The Hall–Kier alpha value is -1.20. The average Bonchev–Trinajstić information content (AvgIpc) is 1.99. The number of rotatable bonds is 2.